The third kappa shape index (κ3) is 4.23. The van der Waals surface area contributed by atoms with Gasteiger partial charge in [0.05, 0.1) is 19.9 Å². The highest BCUT2D eigenvalue weighted by molar-refractivity contribution is 4.81. The minimum atomic E-state index is -0.159. The maximum atomic E-state index is 12.4. The maximum absolute atomic E-state index is 12.4. The van der Waals surface area contributed by atoms with Gasteiger partial charge in [0.2, 0.25) is 0 Å². The van der Waals surface area contributed by atoms with E-state index in [1.165, 1.54) is 25.7 Å². The van der Waals surface area contributed by atoms with E-state index in [0.29, 0.717) is 17.8 Å². The number of rotatable bonds is 4. The van der Waals surface area contributed by atoms with Crippen molar-refractivity contribution in [1.82, 2.24) is 0 Å². The summed E-state index contributed by atoms with van der Waals surface area (Å²) < 4.78 is 24.6. The molecule has 3 aliphatic rings. The molecule has 0 aromatic rings. The molecule has 3 rings (SSSR count). The molecule has 1 aliphatic heterocycles. The fourth-order valence-electron chi connectivity index (χ4n) is 4.74. The Morgan fingerprint density at radius 1 is 0.773 bits per heavy atom. The summed E-state index contributed by atoms with van der Waals surface area (Å²) in [5, 5.41) is 0. The van der Waals surface area contributed by atoms with Gasteiger partial charge in [-0.15, -0.1) is 0 Å². The molecular formula is C19H33FO2. The zero-order chi connectivity index (χ0) is 15.4. The monoisotopic (exact) mass is 312 g/mol. The fourth-order valence-corrected chi connectivity index (χ4v) is 4.74. The van der Waals surface area contributed by atoms with E-state index < -0.39 is 0 Å². The molecule has 1 heterocycles. The van der Waals surface area contributed by atoms with Gasteiger partial charge in [0, 0.05) is 11.8 Å². The summed E-state index contributed by atoms with van der Waals surface area (Å²) in [5.74, 6) is 3.49. The second kappa shape index (κ2) is 8.10. The molecule has 0 unspecified atom stereocenters. The maximum Gasteiger partial charge on any atom is 0.160 e. The zero-order valence-corrected chi connectivity index (χ0v) is 14.1. The summed E-state index contributed by atoms with van der Waals surface area (Å²) in [6.07, 6.45) is 10.9. The average molecular weight is 312 g/mol. The van der Waals surface area contributed by atoms with E-state index in [2.05, 4.69) is 6.92 Å². The topological polar surface area (TPSA) is 18.5 Å². The number of alkyl halides is 1. The molecule has 3 heteroatoms. The van der Waals surface area contributed by atoms with Crippen LogP contribution in [0.3, 0.4) is 0 Å². The fraction of sp³-hybridized carbons (Fsp3) is 1.00. The molecule has 2 aliphatic carbocycles. The Morgan fingerprint density at radius 3 is 1.95 bits per heavy atom. The minimum absolute atomic E-state index is 0.0186. The Balaban J connectivity index is 1.39. The molecule has 0 bridgehead atoms. The van der Waals surface area contributed by atoms with Crippen LogP contribution in [0, 0.1) is 29.6 Å². The van der Waals surface area contributed by atoms with Gasteiger partial charge in [-0.25, -0.2) is 0 Å². The van der Waals surface area contributed by atoms with Gasteiger partial charge in [0.1, 0.15) is 0 Å². The molecule has 0 amide bonds. The van der Waals surface area contributed by atoms with Crippen LogP contribution in [-0.2, 0) is 9.47 Å². The molecule has 128 valence electrons. The molecule has 22 heavy (non-hydrogen) atoms. The van der Waals surface area contributed by atoms with E-state index in [9.17, 15) is 4.39 Å². The van der Waals surface area contributed by atoms with E-state index in [0.717, 1.165) is 57.2 Å². The summed E-state index contributed by atoms with van der Waals surface area (Å²) in [6.45, 7) is 4.01. The Hall–Kier alpha value is -0.150. The highest BCUT2D eigenvalue weighted by Crippen LogP contribution is 2.38. The molecule has 1 saturated heterocycles. The average Bonchev–Trinajstić information content (AvgIpc) is 2.57. The van der Waals surface area contributed by atoms with Crippen molar-refractivity contribution in [3.05, 3.63) is 0 Å². The molecule has 2 nitrogen and oxygen atoms in total. The Kier molecular flexibility index (Phi) is 6.15. The summed E-state index contributed by atoms with van der Waals surface area (Å²) in [5.41, 5.74) is 0. The number of halogens is 1. The van der Waals surface area contributed by atoms with Crippen LogP contribution >= 0.6 is 0 Å². The van der Waals surface area contributed by atoms with Crippen molar-refractivity contribution < 1.29 is 13.9 Å². The van der Waals surface area contributed by atoms with Crippen molar-refractivity contribution >= 4 is 0 Å². The first-order valence-electron chi connectivity index (χ1n) is 9.55. The summed E-state index contributed by atoms with van der Waals surface area (Å²) in [7, 11) is 0. The minimum Gasteiger partial charge on any atom is -0.352 e. The van der Waals surface area contributed by atoms with E-state index in [1.54, 1.807) is 0 Å². The molecular weight excluding hydrogens is 279 g/mol. The molecule has 0 atom stereocenters. The predicted octanol–water partition coefficient (Wildman–Crippen LogP) is 4.97. The second-order valence-electron chi connectivity index (χ2n) is 8.07. The molecule has 2 saturated carbocycles. The highest BCUT2D eigenvalue weighted by atomic mass is 19.1. The van der Waals surface area contributed by atoms with Crippen LogP contribution in [-0.4, -0.2) is 26.2 Å². The molecule has 3 fully saturated rings. The standard InChI is InChI=1S/C19H33FO2/c1-14-2-6-16(7-3-14)18-12-21-19(22-13-18)17-8-4-15(5-9-17)10-11-20/h14-19H,2-13H2,1H3. The first-order chi connectivity index (χ1) is 10.8. The van der Waals surface area contributed by atoms with E-state index in [-0.39, 0.29) is 13.0 Å². The smallest absolute Gasteiger partial charge is 0.160 e. The van der Waals surface area contributed by atoms with E-state index in [4.69, 9.17) is 9.47 Å². The predicted molar refractivity (Wildman–Crippen MR) is 86.3 cm³/mol. The van der Waals surface area contributed by atoms with Crippen molar-refractivity contribution in [2.45, 2.75) is 71.0 Å². The molecule has 0 radical (unpaired) electrons. The second-order valence-corrected chi connectivity index (χ2v) is 8.07. The number of hydrogen-bond acceptors (Lipinski definition) is 2. The van der Waals surface area contributed by atoms with Gasteiger partial charge >= 0.3 is 0 Å². The van der Waals surface area contributed by atoms with Gasteiger partial charge in [0.25, 0.3) is 0 Å². The lowest BCUT2D eigenvalue weighted by atomic mass is 9.76. The third-order valence-corrected chi connectivity index (χ3v) is 6.47. The first-order valence-corrected chi connectivity index (χ1v) is 9.55. The van der Waals surface area contributed by atoms with E-state index in [1.807, 2.05) is 0 Å². The third-order valence-electron chi connectivity index (χ3n) is 6.47. The van der Waals surface area contributed by atoms with Crippen molar-refractivity contribution in [2.24, 2.45) is 29.6 Å². The summed E-state index contributed by atoms with van der Waals surface area (Å²) in [4.78, 5) is 0. The lowest BCUT2D eigenvalue weighted by Gasteiger charge is -2.40. The quantitative estimate of drug-likeness (QED) is 0.730. The van der Waals surface area contributed by atoms with Crippen LogP contribution in [0.2, 0.25) is 0 Å². The Morgan fingerprint density at radius 2 is 1.36 bits per heavy atom. The van der Waals surface area contributed by atoms with Gasteiger partial charge in [-0.2, -0.15) is 0 Å². The van der Waals surface area contributed by atoms with Crippen molar-refractivity contribution in [3.63, 3.8) is 0 Å². The van der Waals surface area contributed by atoms with Crippen molar-refractivity contribution in [2.75, 3.05) is 19.9 Å². The van der Waals surface area contributed by atoms with Crippen LogP contribution in [0.5, 0.6) is 0 Å². The van der Waals surface area contributed by atoms with E-state index >= 15 is 0 Å². The van der Waals surface area contributed by atoms with Crippen LogP contribution in [0.25, 0.3) is 0 Å². The van der Waals surface area contributed by atoms with Gasteiger partial charge in [-0.05, 0) is 62.7 Å². The van der Waals surface area contributed by atoms with Gasteiger partial charge < -0.3 is 9.47 Å². The largest absolute Gasteiger partial charge is 0.352 e. The van der Waals surface area contributed by atoms with Gasteiger partial charge in [0.15, 0.2) is 6.29 Å². The summed E-state index contributed by atoms with van der Waals surface area (Å²) >= 11 is 0. The Bertz CT molecular complexity index is 311. The number of hydrogen-bond donors (Lipinski definition) is 0. The lowest BCUT2D eigenvalue weighted by molar-refractivity contribution is -0.237. The zero-order valence-electron chi connectivity index (χ0n) is 14.1. The normalized spacial score (nSPS) is 43.9. The Labute approximate surface area is 135 Å². The molecule has 0 aromatic carbocycles. The summed E-state index contributed by atoms with van der Waals surface area (Å²) in [6, 6.07) is 0. The number of ether oxygens (including phenoxy) is 2. The first kappa shape index (κ1) is 16.7. The molecule has 0 aromatic heterocycles. The van der Waals surface area contributed by atoms with Crippen LogP contribution in [0.15, 0.2) is 0 Å². The lowest BCUT2D eigenvalue weighted by Crippen LogP contribution is -2.41. The van der Waals surface area contributed by atoms with Crippen LogP contribution in [0.4, 0.5) is 4.39 Å². The molecule has 0 N–H and O–H groups in total. The SMILES string of the molecule is CC1CCC(C2COC(C3CCC(CCF)CC3)OC2)CC1. The van der Waals surface area contributed by atoms with Crippen molar-refractivity contribution in [1.29, 1.82) is 0 Å². The van der Waals surface area contributed by atoms with Gasteiger partial charge in [-0.3, -0.25) is 4.39 Å². The van der Waals surface area contributed by atoms with Crippen LogP contribution < -0.4 is 0 Å². The molecule has 0 spiro atoms. The van der Waals surface area contributed by atoms with Crippen LogP contribution in [0.1, 0.15) is 64.7 Å². The van der Waals surface area contributed by atoms with Gasteiger partial charge in [-0.1, -0.05) is 19.8 Å². The highest BCUT2D eigenvalue weighted by Gasteiger charge is 2.35. The van der Waals surface area contributed by atoms with Crippen molar-refractivity contribution in [3.8, 4) is 0 Å².